The Hall–Kier alpha value is -3.46. The lowest BCUT2D eigenvalue weighted by Gasteiger charge is -2.10. The van der Waals surface area contributed by atoms with E-state index in [1.807, 2.05) is 49.5 Å². The van der Waals surface area contributed by atoms with Gasteiger partial charge >= 0.3 is 0 Å². The number of para-hydroxylation sites is 1. The molecule has 0 spiro atoms. The second-order valence-corrected chi connectivity index (χ2v) is 6.58. The molecular weight excluding hydrogens is 332 g/mol. The Morgan fingerprint density at radius 1 is 0.778 bits per heavy atom. The predicted molar refractivity (Wildman–Crippen MR) is 107 cm³/mol. The summed E-state index contributed by atoms with van der Waals surface area (Å²) in [5.74, 6) is 1.35. The topological polar surface area (TPSA) is 26.0 Å². The molecule has 2 heterocycles. The summed E-state index contributed by atoms with van der Waals surface area (Å²) in [7, 11) is 0. The molecule has 0 aliphatic heterocycles. The van der Waals surface area contributed by atoms with Gasteiger partial charge in [0.25, 0.3) is 11.6 Å². The molecule has 0 fully saturated rings. The van der Waals surface area contributed by atoms with Crippen LogP contribution in [0.25, 0.3) is 16.9 Å². The van der Waals surface area contributed by atoms with Crippen LogP contribution >= 0.6 is 0 Å². The lowest BCUT2D eigenvalue weighted by atomic mass is 10.1. The zero-order chi connectivity index (χ0) is 18.6. The average molecular weight is 353 g/mol. The standard InChI is InChI=1S/C24H21N2O/c1-18-13-14-22(20-9-5-3-6-10-20)26(17-18)23-15-19(2)16-25-24(23)27-21-11-7-4-8-12-21/h3-17H,1-2H3/q+1. The van der Waals surface area contributed by atoms with E-state index in [0.717, 1.165) is 28.3 Å². The van der Waals surface area contributed by atoms with Crippen LogP contribution in [0.3, 0.4) is 0 Å². The van der Waals surface area contributed by atoms with Crippen LogP contribution in [0.5, 0.6) is 11.6 Å². The highest BCUT2D eigenvalue weighted by atomic mass is 16.5. The third-order valence-corrected chi connectivity index (χ3v) is 4.35. The summed E-state index contributed by atoms with van der Waals surface area (Å²) >= 11 is 0. The van der Waals surface area contributed by atoms with Gasteiger partial charge in [-0.1, -0.05) is 36.4 Å². The summed E-state index contributed by atoms with van der Waals surface area (Å²) in [4.78, 5) is 4.57. The molecule has 0 bridgehead atoms. The Balaban J connectivity index is 1.89. The summed E-state index contributed by atoms with van der Waals surface area (Å²) in [6, 6.07) is 26.5. The molecule has 0 saturated heterocycles. The van der Waals surface area contributed by atoms with Crippen molar-refractivity contribution in [2.75, 3.05) is 0 Å². The van der Waals surface area contributed by atoms with Gasteiger partial charge in [0.05, 0.1) is 0 Å². The van der Waals surface area contributed by atoms with E-state index in [-0.39, 0.29) is 0 Å². The van der Waals surface area contributed by atoms with Crippen molar-refractivity contribution in [1.29, 1.82) is 0 Å². The van der Waals surface area contributed by atoms with Crippen molar-refractivity contribution >= 4 is 0 Å². The van der Waals surface area contributed by atoms with Gasteiger partial charge in [-0.15, -0.1) is 0 Å². The first-order valence-electron chi connectivity index (χ1n) is 8.98. The molecule has 0 saturated carbocycles. The highest BCUT2D eigenvalue weighted by molar-refractivity contribution is 5.57. The number of hydrogen-bond donors (Lipinski definition) is 0. The van der Waals surface area contributed by atoms with Crippen LogP contribution < -0.4 is 9.30 Å². The summed E-state index contributed by atoms with van der Waals surface area (Å²) in [5.41, 5.74) is 5.40. The van der Waals surface area contributed by atoms with Gasteiger partial charge in [0, 0.05) is 29.5 Å². The van der Waals surface area contributed by atoms with Gasteiger partial charge in [-0.05, 0) is 49.7 Å². The Morgan fingerprint density at radius 3 is 2.22 bits per heavy atom. The van der Waals surface area contributed by atoms with Crippen LogP contribution in [0.1, 0.15) is 11.1 Å². The molecule has 0 N–H and O–H groups in total. The van der Waals surface area contributed by atoms with Crippen LogP contribution in [0.2, 0.25) is 0 Å². The molecule has 4 rings (SSSR count). The van der Waals surface area contributed by atoms with Crippen LogP contribution in [0.4, 0.5) is 0 Å². The van der Waals surface area contributed by atoms with Crippen molar-refractivity contribution in [3.05, 3.63) is 102 Å². The first-order valence-corrected chi connectivity index (χ1v) is 8.98. The van der Waals surface area contributed by atoms with Crippen molar-refractivity contribution in [2.24, 2.45) is 0 Å². The maximum absolute atomic E-state index is 6.12. The first kappa shape index (κ1) is 17.0. The SMILES string of the molecule is Cc1cnc(Oc2ccccc2)c(-[n+]2cc(C)ccc2-c2ccccc2)c1. The molecule has 0 amide bonds. The monoisotopic (exact) mass is 353 g/mol. The first-order chi connectivity index (χ1) is 13.2. The zero-order valence-corrected chi connectivity index (χ0v) is 15.5. The minimum Gasteiger partial charge on any atom is -0.434 e. The van der Waals surface area contributed by atoms with Crippen molar-refractivity contribution in [3.8, 4) is 28.6 Å². The van der Waals surface area contributed by atoms with E-state index in [1.165, 1.54) is 5.56 Å². The second kappa shape index (κ2) is 7.42. The molecule has 2 aromatic carbocycles. The van der Waals surface area contributed by atoms with E-state index in [0.29, 0.717) is 5.88 Å². The van der Waals surface area contributed by atoms with Gasteiger partial charge < -0.3 is 4.74 Å². The van der Waals surface area contributed by atoms with E-state index >= 15 is 0 Å². The number of hydrogen-bond acceptors (Lipinski definition) is 2. The summed E-state index contributed by atoms with van der Waals surface area (Å²) in [5, 5.41) is 0. The van der Waals surface area contributed by atoms with Gasteiger partial charge in [0.2, 0.25) is 5.69 Å². The zero-order valence-electron chi connectivity index (χ0n) is 15.5. The fourth-order valence-corrected chi connectivity index (χ4v) is 3.04. The summed E-state index contributed by atoms with van der Waals surface area (Å²) in [6.45, 7) is 4.13. The van der Waals surface area contributed by atoms with Crippen LogP contribution in [-0.2, 0) is 0 Å². The van der Waals surface area contributed by atoms with Crippen molar-refractivity contribution in [1.82, 2.24) is 4.98 Å². The normalized spacial score (nSPS) is 10.6. The highest BCUT2D eigenvalue weighted by Crippen LogP contribution is 2.26. The number of nitrogens with zero attached hydrogens (tertiary/aromatic N) is 2. The lowest BCUT2D eigenvalue weighted by Crippen LogP contribution is -2.34. The summed E-state index contributed by atoms with van der Waals surface area (Å²) in [6.07, 6.45) is 3.96. The van der Waals surface area contributed by atoms with E-state index in [1.54, 1.807) is 0 Å². The van der Waals surface area contributed by atoms with Crippen LogP contribution in [0, 0.1) is 13.8 Å². The number of aryl methyl sites for hydroxylation is 2. The Bertz CT molecular complexity index is 1060. The van der Waals surface area contributed by atoms with E-state index in [4.69, 9.17) is 4.74 Å². The molecule has 132 valence electrons. The van der Waals surface area contributed by atoms with Crippen molar-refractivity contribution in [3.63, 3.8) is 0 Å². The van der Waals surface area contributed by atoms with Crippen molar-refractivity contribution in [2.45, 2.75) is 13.8 Å². The van der Waals surface area contributed by atoms with E-state index in [2.05, 4.69) is 65.1 Å². The number of rotatable bonds is 4. The Morgan fingerprint density at radius 2 is 1.48 bits per heavy atom. The fraction of sp³-hybridized carbons (Fsp3) is 0.0833. The second-order valence-electron chi connectivity index (χ2n) is 6.58. The largest absolute Gasteiger partial charge is 0.434 e. The molecule has 2 aromatic heterocycles. The molecule has 3 nitrogen and oxygen atoms in total. The molecule has 3 heteroatoms. The number of pyridine rings is 2. The van der Waals surface area contributed by atoms with Crippen molar-refractivity contribution < 1.29 is 9.30 Å². The molecule has 0 atom stereocenters. The Kier molecular flexibility index (Phi) is 4.67. The Labute approximate surface area is 159 Å². The molecule has 0 radical (unpaired) electrons. The summed E-state index contributed by atoms with van der Waals surface area (Å²) < 4.78 is 8.27. The van der Waals surface area contributed by atoms with Crippen LogP contribution in [-0.4, -0.2) is 4.98 Å². The third-order valence-electron chi connectivity index (χ3n) is 4.35. The van der Waals surface area contributed by atoms with Gasteiger partial charge in [-0.3, -0.25) is 0 Å². The van der Waals surface area contributed by atoms with Gasteiger partial charge in [0.15, 0.2) is 6.20 Å². The van der Waals surface area contributed by atoms with Gasteiger partial charge in [0.1, 0.15) is 5.75 Å². The number of benzene rings is 2. The number of aromatic nitrogens is 2. The highest BCUT2D eigenvalue weighted by Gasteiger charge is 2.22. The maximum atomic E-state index is 6.12. The third kappa shape index (κ3) is 3.72. The molecule has 0 aliphatic carbocycles. The lowest BCUT2D eigenvalue weighted by molar-refractivity contribution is -0.585. The minimum atomic E-state index is 0.583. The van der Waals surface area contributed by atoms with Crippen LogP contribution in [0.15, 0.2) is 91.3 Å². The molecule has 4 aromatic rings. The smallest absolute Gasteiger partial charge is 0.293 e. The van der Waals surface area contributed by atoms with E-state index < -0.39 is 0 Å². The van der Waals surface area contributed by atoms with Gasteiger partial charge in [-0.2, -0.15) is 4.57 Å². The van der Waals surface area contributed by atoms with E-state index in [9.17, 15) is 0 Å². The molecule has 0 unspecified atom stereocenters. The minimum absolute atomic E-state index is 0.583. The number of ether oxygens (including phenoxy) is 1. The molecular formula is C24H21N2O+. The average Bonchev–Trinajstić information content (AvgIpc) is 2.71. The maximum Gasteiger partial charge on any atom is 0.293 e. The molecule has 27 heavy (non-hydrogen) atoms. The quantitative estimate of drug-likeness (QED) is 0.457. The fourth-order valence-electron chi connectivity index (χ4n) is 3.04. The van der Waals surface area contributed by atoms with Gasteiger partial charge in [-0.25, -0.2) is 4.98 Å². The predicted octanol–water partition coefficient (Wildman–Crippen LogP) is 5.43. The molecule has 0 aliphatic rings.